The number of alkyl halides is 3. The van der Waals surface area contributed by atoms with E-state index in [1.807, 2.05) is 0 Å². The molecule has 0 saturated heterocycles. The molecule has 1 aromatic carbocycles. The Hall–Kier alpha value is -1.68. The maximum atomic E-state index is 13.3. The molecule has 0 spiro atoms. The van der Waals surface area contributed by atoms with Crippen molar-refractivity contribution < 1.29 is 18.0 Å². The van der Waals surface area contributed by atoms with E-state index < -0.39 is 17.7 Å². The number of hydrogen-bond acceptors (Lipinski definition) is 4. The first-order chi connectivity index (χ1) is 14.1. The van der Waals surface area contributed by atoms with Gasteiger partial charge in [0.25, 0.3) is 0 Å². The largest absolute Gasteiger partial charge is 0.416 e. The summed E-state index contributed by atoms with van der Waals surface area (Å²) in [6.45, 7) is 0.0944. The molecule has 0 aliphatic rings. The average Bonchev–Trinajstić information content (AvgIpc) is 3.22. The maximum absolute atomic E-state index is 13.3. The van der Waals surface area contributed by atoms with Gasteiger partial charge < -0.3 is 5.73 Å². The van der Waals surface area contributed by atoms with Gasteiger partial charge in [-0.1, -0.05) is 29.8 Å². The van der Waals surface area contributed by atoms with E-state index in [9.17, 15) is 18.0 Å². The van der Waals surface area contributed by atoms with Crippen molar-refractivity contribution in [1.29, 1.82) is 0 Å². The number of rotatable bonds is 7. The predicted molar refractivity (Wildman–Crippen MR) is 116 cm³/mol. The number of aryl methyl sites for hydroxylation is 1. The Kier molecular flexibility index (Phi) is 7.06. The molecule has 0 bridgehead atoms. The van der Waals surface area contributed by atoms with E-state index in [0.717, 1.165) is 27.6 Å². The normalized spacial score (nSPS) is 12.9. The number of hydrogen-bond donors (Lipinski definition) is 1. The van der Waals surface area contributed by atoms with Gasteiger partial charge in [0.1, 0.15) is 4.34 Å². The number of nitrogens with zero attached hydrogens (tertiary/aromatic N) is 2. The molecule has 30 heavy (non-hydrogen) atoms. The van der Waals surface area contributed by atoms with Crippen molar-refractivity contribution in [3.63, 3.8) is 0 Å². The molecular weight excluding hydrogens is 503 g/mol. The van der Waals surface area contributed by atoms with E-state index in [4.69, 9.17) is 17.3 Å². The van der Waals surface area contributed by atoms with E-state index >= 15 is 0 Å². The standard InChI is InChI=1S/C20H18BrClF3N3OS/c1-28-18(15(21)10-27-28)13-8-17(30-19(13)22)16(29)7-11(9-26)6-12-4-2-3-5-14(12)20(23,24)25/h2-5,8,10-11H,6-7,9,26H2,1H3/t11-/m1/s1. The Balaban J connectivity index is 1.80. The summed E-state index contributed by atoms with van der Waals surface area (Å²) in [7, 11) is 1.76. The highest BCUT2D eigenvalue weighted by atomic mass is 79.9. The summed E-state index contributed by atoms with van der Waals surface area (Å²) in [5, 5.41) is 4.15. The third-order valence-corrected chi connectivity index (χ3v) is 6.73. The SMILES string of the molecule is Cn1ncc(Br)c1-c1cc(C(=O)C[C@H](CN)Cc2ccccc2C(F)(F)F)sc1Cl. The van der Waals surface area contributed by atoms with Crippen LogP contribution in [0.4, 0.5) is 13.2 Å². The van der Waals surface area contributed by atoms with Gasteiger partial charge in [-0.3, -0.25) is 9.48 Å². The summed E-state index contributed by atoms with van der Waals surface area (Å²) in [6, 6.07) is 7.06. The lowest BCUT2D eigenvalue weighted by Gasteiger charge is -2.17. The topological polar surface area (TPSA) is 60.9 Å². The zero-order chi connectivity index (χ0) is 22.1. The zero-order valence-electron chi connectivity index (χ0n) is 15.8. The number of benzene rings is 1. The van der Waals surface area contributed by atoms with Gasteiger partial charge in [0.15, 0.2) is 5.78 Å². The molecule has 160 valence electrons. The number of carbonyl (C=O) groups is 1. The Morgan fingerprint density at radius 2 is 2.07 bits per heavy atom. The summed E-state index contributed by atoms with van der Waals surface area (Å²) in [4.78, 5) is 13.3. The average molecular weight is 521 g/mol. The van der Waals surface area contributed by atoms with Crippen molar-refractivity contribution in [2.75, 3.05) is 6.54 Å². The molecule has 3 rings (SSSR count). The Morgan fingerprint density at radius 3 is 2.67 bits per heavy atom. The molecule has 0 aliphatic heterocycles. The number of ketones is 1. The smallest absolute Gasteiger partial charge is 0.330 e. The molecule has 0 amide bonds. The van der Waals surface area contributed by atoms with Crippen LogP contribution in [0.15, 0.2) is 41.0 Å². The van der Waals surface area contributed by atoms with Crippen LogP contribution in [0.5, 0.6) is 0 Å². The van der Waals surface area contributed by atoms with Crippen molar-refractivity contribution in [2.45, 2.75) is 19.0 Å². The van der Waals surface area contributed by atoms with Gasteiger partial charge in [-0.2, -0.15) is 18.3 Å². The van der Waals surface area contributed by atoms with Gasteiger partial charge in [0.2, 0.25) is 0 Å². The van der Waals surface area contributed by atoms with Crippen molar-refractivity contribution in [1.82, 2.24) is 9.78 Å². The molecule has 1 atom stereocenters. The van der Waals surface area contributed by atoms with Gasteiger partial charge in [-0.15, -0.1) is 11.3 Å². The summed E-state index contributed by atoms with van der Waals surface area (Å²) >= 11 is 10.9. The molecule has 4 nitrogen and oxygen atoms in total. The van der Waals surface area contributed by atoms with E-state index in [-0.39, 0.29) is 30.7 Å². The molecule has 0 aliphatic carbocycles. The molecule has 2 aromatic heterocycles. The van der Waals surface area contributed by atoms with Crippen LogP contribution >= 0.6 is 38.9 Å². The first-order valence-electron chi connectivity index (χ1n) is 8.97. The van der Waals surface area contributed by atoms with Gasteiger partial charge in [0, 0.05) is 19.0 Å². The van der Waals surface area contributed by atoms with E-state index in [2.05, 4.69) is 21.0 Å². The monoisotopic (exact) mass is 519 g/mol. The minimum Gasteiger partial charge on any atom is -0.330 e. The predicted octanol–water partition coefficient (Wildman–Crippen LogP) is 5.97. The van der Waals surface area contributed by atoms with Crippen molar-refractivity contribution in [3.05, 3.63) is 61.3 Å². The van der Waals surface area contributed by atoms with Crippen molar-refractivity contribution in [2.24, 2.45) is 18.7 Å². The van der Waals surface area contributed by atoms with Gasteiger partial charge in [-0.25, -0.2) is 0 Å². The fourth-order valence-corrected chi connectivity index (χ4v) is 5.06. The second-order valence-electron chi connectivity index (χ2n) is 6.85. The Morgan fingerprint density at radius 1 is 1.37 bits per heavy atom. The van der Waals surface area contributed by atoms with Gasteiger partial charge in [0.05, 0.1) is 26.8 Å². The Labute approximate surface area is 189 Å². The van der Waals surface area contributed by atoms with E-state index in [1.54, 1.807) is 30.1 Å². The summed E-state index contributed by atoms with van der Waals surface area (Å²) in [5.74, 6) is -0.625. The molecule has 0 unspecified atom stereocenters. The molecule has 10 heteroatoms. The molecular formula is C20H18BrClF3N3OS. The Bertz CT molecular complexity index is 1040. The lowest BCUT2D eigenvalue weighted by molar-refractivity contribution is -0.138. The van der Waals surface area contributed by atoms with Crippen molar-refractivity contribution >= 4 is 44.7 Å². The summed E-state index contributed by atoms with van der Waals surface area (Å²) in [5.41, 5.74) is 6.63. The lowest BCUT2D eigenvalue weighted by Crippen LogP contribution is -2.22. The van der Waals surface area contributed by atoms with Crippen LogP contribution in [0.25, 0.3) is 11.3 Å². The van der Waals surface area contributed by atoms with Gasteiger partial charge >= 0.3 is 6.18 Å². The maximum Gasteiger partial charge on any atom is 0.416 e. The van der Waals surface area contributed by atoms with Crippen LogP contribution in [0.3, 0.4) is 0 Å². The molecule has 0 fully saturated rings. The second-order valence-corrected chi connectivity index (χ2v) is 9.36. The third-order valence-electron chi connectivity index (χ3n) is 4.75. The number of aromatic nitrogens is 2. The number of halogens is 5. The lowest BCUT2D eigenvalue weighted by atomic mass is 9.91. The molecule has 2 N–H and O–H groups in total. The van der Waals surface area contributed by atoms with E-state index in [1.165, 1.54) is 12.1 Å². The highest BCUT2D eigenvalue weighted by Crippen LogP contribution is 2.39. The number of thiophene rings is 1. The fraction of sp³-hybridized carbons (Fsp3) is 0.300. The quantitative estimate of drug-likeness (QED) is 0.390. The first kappa shape index (κ1) is 23.0. The van der Waals surface area contributed by atoms with Gasteiger partial charge in [-0.05, 0) is 52.5 Å². The van der Waals surface area contributed by atoms with Crippen LogP contribution in [0, 0.1) is 5.92 Å². The van der Waals surface area contributed by atoms with E-state index in [0.29, 0.717) is 14.8 Å². The second kappa shape index (κ2) is 9.21. The summed E-state index contributed by atoms with van der Waals surface area (Å²) in [6.07, 6.45) is -2.72. The molecule has 3 aromatic rings. The molecule has 0 saturated carbocycles. The molecule has 0 radical (unpaired) electrons. The number of nitrogens with two attached hydrogens (primary N) is 1. The molecule has 2 heterocycles. The van der Waals surface area contributed by atoms with Crippen LogP contribution in [0.2, 0.25) is 4.34 Å². The van der Waals surface area contributed by atoms with Crippen LogP contribution in [-0.2, 0) is 19.6 Å². The van der Waals surface area contributed by atoms with Crippen LogP contribution < -0.4 is 5.73 Å². The highest BCUT2D eigenvalue weighted by molar-refractivity contribution is 9.10. The fourth-order valence-electron chi connectivity index (χ4n) is 3.27. The number of carbonyl (C=O) groups excluding carboxylic acids is 1. The third kappa shape index (κ3) is 4.96. The minimum absolute atomic E-state index is 0.0333. The highest BCUT2D eigenvalue weighted by Gasteiger charge is 2.33. The first-order valence-corrected chi connectivity index (χ1v) is 11.0. The summed E-state index contributed by atoms with van der Waals surface area (Å²) < 4.78 is 42.6. The zero-order valence-corrected chi connectivity index (χ0v) is 19.0. The van der Waals surface area contributed by atoms with Crippen LogP contribution in [0.1, 0.15) is 27.2 Å². The number of Topliss-reactive ketones (excluding diaryl/α,β-unsaturated/α-hetero) is 1. The van der Waals surface area contributed by atoms with Crippen molar-refractivity contribution in [3.8, 4) is 11.3 Å². The van der Waals surface area contributed by atoms with Crippen LogP contribution in [-0.4, -0.2) is 22.1 Å². The minimum atomic E-state index is -4.45.